The zero-order chi connectivity index (χ0) is 18.2. The van der Waals surface area contributed by atoms with Crippen LogP contribution in [0.25, 0.3) is 22.0 Å². The van der Waals surface area contributed by atoms with E-state index >= 15 is 0 Å². The molecule has 3 N–H and O–H groups in total. The first-order valence-corrected chi connectivity index (χ1v) is 8.64. The number of hydrogen-bond acceptors (Lipinski definition) is 6. The molecule has 6 nitrogen and oxygen atoms in total. The van der Waals surface area contributed by atoms with Crippen molar-refractivity contribution >= 4 is 34.6 Å². The lowest BCUT2D eigenvalue weighted by Crippen LogP contribution is -2.00. The van der Waals surface area contributed by atoms with Gasteiger partial charge < -0.3 is 11.1 Å². The molecule has 0 fully saturated rings. The number of fused-ring (bicyclic) bond motifs is 2. The Hall–Kier alpha value is -3.80. The first-order chi connectivity index (χ1) is 13.3. The monoisotopic (exact) mass is 352 g/mol. The summed E-state index contributed by atoms with van der Waals surface area (Å²) in [4.78, 5) is 17.0. The molecule has 27 heavy (non-hydrogen) atoms. The summed E-state index contributed by atoms with van der Waals surface area (Å²) in [5.74, 6) is 0.899. The number of nitrogens with two attached hydrogens (primary N) is 1. The molecule has 0 saturated carbocycles. The first-order valence-electron chi connectivity index (χ1n) is 8.64. The molecular formula is C21H16N6. The highest BCUT2D eigenvalue weighted by Crippen LogP contribution is 2.34. The fraction of sp³-hybridized carbons (Fsp3) is 0.0476. The van der Waals surface area contributed by atoms with E-state index in [1.54, 1.807) is 12.3 Å². The number of benzene rings is 2. The summed E-state index contributed by atoms with van der Waals surface area (Å²) in [7, 11) is 0. The van der Waals surface area contributed by atoms with Gasteiger partial charge in [-0.25, -0.2) is 4.98 Å². The average molecular weight is 352 g/mol. The Morgan fingerprint density at radius 3 is 2.85 bits per heavy atom. The molecule has 3 heterocycles. The molecule has 1 aliphatic heterocycles. The maximum atomic E-state index is 5.69. The van der Waals surface area contributed by atoms with Crippen LogP contribution < -0.4 is 11.1 Å². The average Bonchev–Trinajstić information content (AvgIpc) is 3.15. The molecule has 4 aromatic rings. The van der Waals surface area contributed by atoms with Gasteiger partial charge in [-0.05, 0) is 53.1 Å². The molecule has 6 heteroatoms. The summed E-state index contributed by atoms with van der Waals surface area (Å²) < 4.78 is 0. The van der Waals surface area contributed by atoms with Crippen molar-refractivity contribution in [2.45, 2.75) is 6.54 Å². The Balaban J connectivity index is 1.62. The number of anilines is 3. The Morgan fingerprint density at radius 1 is 0.963 bits per heavy atom. The molecule has 0 amide bonds. The lowest BCUT2D eigenvalue weighted by atomic mass is 9.95. The summed E-state index contributed by atoms with van der Waals surface area (Å²) in [6, 6.07) is 16.4. The fourth-order valence-electron chi connectivity index (χ4n) is 3.39. The lowest BCUT2D eigenvalue weighted by Gasteiger charge is -2.13. The highest BCUT2D eigenvalue weighted by molar-refractivity contribution is 5.93. The van der Waals surface area contributed by atoms with E-state index in [1.807, 2.05) is 18.5 Å². The third-order valence-electron chi connectivity index (χ3n) is 4.62. The van der Waals surface area contributed by atoms with Gasteiger partial charge in [0.15, 0.2) is 0 Å². The topological polar surface area (TPSA) is 89.1 Å². The summed E-state index contributed by atoms with van der Waals surface area (Å²) in [6.07, 6.45) is 5.36. The minimum absolute atomic E-state index is 0.241. The summed E-state index contributed by atoms with van der Waals surface area (Å²) in [6.45, 7) is 0.691. The predicted octanol–water partition coefficient (Wildman–Crippen LogP) is 3.95. The maximum absolute atomic E-state index is 5.69. The van der Waals surface area contributed by atoms with Crippen LogP contribution in [0.3, 0.4) is 0 Å². The van der Waals surface area contributed by atoms with Gasteiger partial charge in [-0.2, -0.15) is 4.98 Å². The van der Waals surface area contributed by atoms with Gasteiger partial charge in [0.2, 0.25) is 5.95 Å². The summed E-state index contributed by atoms with van der Waals surface area (Å²) in [5, 5.41) is 4.43. The van der Waals surface area contributed by atoms with E-state index in [4.69, 9.17) is 5.73 Å². The van der Waals surface area contributed by atoms with Crippen molar-refractivity contribution in [2.75, 3.05) is 11.1 Å². The molecule has 2 aromatic heterocycles. The van der Waals surface area contributed by atoms with Crippen molar-refractivity contribution in [3.8, 4) is 11.1 Å². The molecule has 0 radical (unpaired) electrons. The van der Waals surface area contributed by atoms with Crippen molar-refractivity contribution in [2.24, 2.45) is 4.99 Å². The van der Waals surface area contributed by atoms with Gasteiger partial charge >= 0.3 is 0 Å². The minimum atomic E-state index is 0.241. The second kappa shape index (κ2) is 6.17. The van der Waals surface area contributed by atoms with Crippen LogP contribution in [0.15, 0.2) is 65.9 Å². The third kappa shape index (κ3) is 2.87. The molecule has 130 valence electrons. The van der Waals surface area contributed by atoms with E-state index in [0.717, 1.165) is 33.3 Å². The van der Waals surface area contributed by atoms with E-state index in [-0.39, 0.29) is 5.95 Å². The van der Waals surface area contributed by atoms with E-state index < -0.39 is 0 Å². The smallest absolute Gasteiger partial charge is 0.221 e. The Kier molecular flexibility index (Phi) is 3.53. The van der Waals surface area contributed by atoms with Crippen LogP contribution in [0.1, 0.15) is 11.1 Å². The molecule has 0 aliphatic carbocycles. The molecule has 0 atom stereocenters. The van der Waals surface area contributed by atoms with E-state index in [1.165, 1.54) is 5.56 Å². The van der Waals surface area contributed by atoms with Crippen molar-refractivity contribution in [3.05, 3.63) is 72.1 Å². The van der Waals surface area contributed by atoms with Crippen molar-refractivity contribution in [3.63, 3.8) is 0 Å². The highest BCUT2D eigenvalue weighted by atomic mass is 15.1. The quantitative estimate of drug-likeness (QED) is 0.583. The highest BCUT2D eigenvalue weighted by Gasteiger charge is 2.15. The maximum Gasteiger partial charge on any atom is 0.221 e. The van der Waals surface area contributed by atoms with Crippen molar-refractivity contribution in [1.82, 2.24) is 15.0 Å². The molecule has 0 saturated heterocycles. The van der Waals surface area contributed by atoms with Crippen LogP contribution in [0, 0.1) is 0 Å². The number of nitrogens with one attached hydrogen (secondary N) is 1. The largest absolute Gasteiger partial charge is 0.368 e. The number of rotatable bonds is 3. The molecule has 0 bridgehead atoms. The van der Waals surface area contributed by atoms with Crippen LogP contribution in [-0.2, 0) is 6.54 Å². The third-order valence-corrected chi connectivity index (χ3v) is 4.62. The molecule has 1 aliphatic rings. The second-order valence-electron chi connectivity index (χ2n) is 6.40. The number of aliphatic imine (C=N–C) groups is 1. The Labute approximate surface area is 155 Å². The second-order valence-corrected chi connectivity index (χ2v) is 6.40. The van der Waals surface area contributed by atoms with Gasteiger partial charge in [0, 0.05) is 35.2 Å². The number of aromatic nitrogens is 3. The SMILES string of the molecule is Nc1nccc(Nc2cc3c(c(-c4ccc5ncccc5c4)c2)CN=C3)n1. The first kappa shape index (κ1) is 15.5. The van der Waals surface area contributed by atoms with Crippen LogP contribution >= 0.6 is 0 Å². The fourth-order valence-corrected chi connectivity index (χ4v) is 3.39. The van der Waals surface area contributed by atoms with Crippen LogP contribution in [0.2, 0.25) is 0 Å². The number of pyridine rings is 1. The van der Waals surface area contributed by atoms with E-state index in [0.29, 0.717) is 12.4 Å². The van der Waals surface area contributed by atoms with Crippen molar-refractivity contribution in [1.29, 1.82) is 0 Å². The van der Waals surface area contributed by atoms with Gasteiger partial charge in [0.1, 0.15) is 5.82 Å². The zero-order valence-electron chi connectivity index (χ0n) is 14.4. The van der Waals surface area contributed by atoms with Crippen LogP contribution in [0.5, 0.6) is 0 Å². The Morgan fingerprint density at radius 2 is 1.93 bits per heavy atom. The van der Waals surface area contributed by atoms with E-state index in [9.17, 15) is 0 Å². The molecular weight excluding hydrogens is 336 g/mol. The van der Waals surface area contributed by atoms with Crippen LogP contribution in [-0.4, -0.2) is 21.2 Å². The molecule has 0 unspecified atom stereocenters. The normalized spacial score (nSPS) is 12.3. The van der Waals surface area contributed by atoms with Crippen molar-refractivity contribution < 1.29 is 0 Å². The molecule has 0 spiro atoms. The van der Waals surface area contributed by atoms with Gasteiger partial charge in [-0.1, -0.05) is 12.1 Å². The van der Waals surface area contributed by atoms with Gasteiger partial charge in [0.25, 0.3) is 0 Å². The summed E-state index contributed by atoms with van der Waals surface area (Å²) >= 11 is 0. The van der Waals surface area contributed by atoms with Gasteiger partial charge in [0.05, 0.1) is 12.1 Å². The lowest BCUT2D eigenvalue weighted by molar-refractivity contribution is 1.11. The molecule has 5 rings (SSSR count). The van der Waals surface area contributed by atoms with Crippen LogP contribution in [0.4, 0.5) is 17.5 Å². The Bertz CT molecular complexity index is 1200. The number of nitrogen functional groups attached to an aromatic ring is 1. The van der Waals surface area contributed by atoms with Gasteiger partial charge in [-0.15, -0.1) is 0 Å². The number of nitrogens with zero attached hydrogens (tertiary/aromatic N) is 4. The van der Waals surface area contributed by atoms with E-state index in [2.05, 4.69) is 61.7 Å². The number of hydrogen-bond donors (Lipinski definition) is 2. The minimum Gasteiger partial charge on any atom is -0.368 e. The standard InChI is InChI=1S/C21H16N6/c22-21-25-7-5-20(27-21)26-16-9-15-11-23-12-18(15)17(10-16)13-3-4-19-14(8-13)2-1-6-24-19/h1-11H,12H2,(H3,22,25,26,27). The summed E-state index contributed by atoms with van der Waals surface area (Å²) in [5.41, 5.74) is 12.2. The molecule has 2 aromatic carbocycles. The zero-order valence-corrected chi connectivity index (χ0v) is 14.4. The predicted molar refractivity (Wildman–Crippen MR) is 108 cm³/mol. The van der Waals surface area contributed by atoms with Gasteiger partial charge in [-0.3, -0.25) is 9.98 Å².